The molecule has 0 aliphatic carbocycles. The fourth-order valence-corrected chi connectivity index (χ4v) is 3.37. The summed E-state index contributed by atoms with van der Waals surface area (Å²) >= 11 is 1.73. The number of ether oxygens (including phenoxy) is 2. The summed E-state index contributed by atoms with van der Waals surface area (Å²) in [6, 6.07) is 0. The highest BCUT2D eigenvalue weighted by molar-refractivity contribution is 14.0. The van der Waals surface area contributed by atoms with E-state index in [-0.39, 0.29) is 24.0 Å². The summed E-state index contributed by atoms with van der Waals surface area (Å²) in [5, 5.41) is 7.76. The zero-order valence-electron chi connectivity index (χ0n) is 14.8. The molecule has 0 unspecified atom stereocenters. The maximum absolute atomic E-state index is 5.86. The second kappa shape index (κ2) is 12.0. The first-order valence-electron chi connectivity index (χ1n) is 8.26. The monoisotopic (exact) mass is 468 g/mol. The van der Waals surface area contributed by atoms with Gasteiger partial charge in [-0.15, -0.1) is 35.3 Å². The average molecular weight is 468 g/mol. The molecule has 2 heterocycles. The van der Waals surface area contributed by atoms with Crippen LogP contribution in [0.3, 0.4) is 0 Å². The zero-order chi connectivity index (χ0) is 16.5. The van der Waals surface area contributed by atoms with Crippen molar-refractivity contribution in [3.63, 3.8) is 0 Å². The van der Waals surface area contributed by atoms with Gasteiger partial charge in [-0.2, -0.15) is 0 Å². The number of hydrogen-bond acceptors (Lipinski definition) is 5. The fraction of sp³-hybridized carbons (Fsp3) is 0.750. The molecule has 6 nitrogen and oxygen atoms in total. The van der Waals surface area contributed by atoms with Gasteiger partial charge in [0.1, 0.15) is 0 Å². The molecular formula is C16H29IN4O2S. The Bertz CT molecular complexity index is 504. The molecule has 0 bridgehead atoms. The van der Waals surface area contributed by atoms with Gasteiger partial charge in [0.15, 0.2) is 5.96 Å². The Morgan fingerprint density at radius 3 is 2.71 bits per heavy atom. The van der Waals surface area contributed by atoms with E-state index in [2.05, 4.69) is 20.6 Å². The van der Waals surface area contributed by atoms with Crippen LogP contribution in [0.5, 0.6) is 0 Å². The molecule has 0 aromatic carbocycles. The van der Waals surface area contributed by atoms with Crippen LogP contribution >= 0.6 is 35.3 Å². The third-order valence-electron chi connectivity index (χ3n) is 3.78. The molecule has 0 radical (unpaired) electrons. The molecule has 24 heavy (non-hydrogen) atoms. The first-order chi connectivity index (χ1) is 11.2. The SMILES string of the molecule is CN=C(NCCCOC1CCOCC1)NCc1sc(C)nc1C.I. The maximum atomic E-state index is 5.86. The number of nitrogens with zero attached hydrogens (tertiary/aromatic N) is 2. The van der Waals surface area contributed by atoms with Crippen LogP contribution in [0.1, 0.15) is 34.8 Å². The Labute approximate surface area is 165 Å². The average Bonchev–Trinajstić information content (AvgIpc) is 2.88. The van der Waals surface area contributed by atoms with Gasteiger partial charge in [-0.05, 0) is 33.1 Å². The Hall–Kier alpha value is -0.450. The van der Waals surface area contributed by atoms with Crippen molar-refractivity contribution < 1.29 is 9.47 Å². The molecular weight excluding hydrogens is 439 g/mol. The van der Waals surface area contributed by atoms with Crippen molar-refractivity contribution in [1.29, 1.82) is 0 Å². The standard InChI is InChI=1S/C16H28N4O2S.HI/c1-12-15(23-13(2)20-12)11-19-16(17-3)18-7-4-8-22-14-5-9-21-10-6-14;/h14H,4-11H2,1-3H3,(H2,17,18,19);1H. The van der Waals surface area contributed by atoms with Gasteiger partial charge in [-0.25, -0.2) is 4.98 Å². The Morgan fingerprint density at radius 2 is 2.08 bits per heavy atom. The van der Waals surface area contributed by atoms with E-state index in [0.717, 1.165) is 68.8 Å². The molecule has 1 aliphatic heterocycles. The molecule has 2 N–H and O–H groups in total. The van der Waals surface area contributed by atoms with Crippen LogP contribution in [0.25, 0.3) is 0 Å². The van der Waals surface area contributed by atoms with Crippen LogP contribution in [0.15, 0.2) is 4.99 Å². The van der Waals surface area contributed by atoms with Crippen molar-refractivity contribution in [2.45, 2.75) is 45.8 Å². The predicted molar refractivity (Wildman–Crippen MR) is 110 cm³/mol. The molecule has 1 fully saturated rings. The smallest absolute Gasteiger partial charge is 0.191 e. The van der Waals surface area contributed by atoms with Crippen LogP contribution < -0.4 is 10.6 Å². The van der Waals surface area contributed by atoms with Crippen molar-refractivity contribution in [3.05, 3.63) is 15.6 Å². The largest absolute Gasteiger partial charge is 0.381 e. The van der Waals surface area contributed by atoms with Crippen molar-refractivity contribution in [3.8, 4) is 0 Å². The first kappa shape index (κ1) is 21.6. The molecule has 1 aliphatic rings. The number of aliphatic imine (C=N–C) groups is 1. The van der Waals surface area contributed by atoms with E-state index in [9.17, 15) is 0 Å². The summed E-state index contributed by atoms with van der Waals surface area (Å²) in [5.41, 5.74) is 1.10. The molecule has 1 saturated heterocycles. The van der Waals surface area contributed by atoms with Gasteiger partial charge in [0.05, 0.1) is 23.4 Å². The lowest BCUT2D eigenvalue weighted by atomic mass is 10.1. The van der Waals surface area contributed by atoms with Gasteiger partial charge in [0.2, 0.25) is 0 Å². The Morgan fingerprint density at radius 1 is 1.33 bits per heavy atom. The fourth-order valence-electron chi connectivity index (χ4n) is 2.49. The second-order valence-corrected chi connectivity index (χ2v) is 6.92. The van der Waals surface area contributed by atoms with E-state index in [4.69, 9.17) is 9.47 Å². The van der Waals surface area contributed by atoms with Crippen LogP contribution in [0.2, 0.25) is 0 Å². The summed E-state index contributed by atoms with van der Waals surface area (Å²) in [4.78, 5) is 9.94. The molecule has 0 amide bonds. The van der Waals surface area contributed by atoms with Crippen molar-refractivity contribution in [2.24, 2.45) is 4.99 Å². The van der Waals surface area contributed by atoms with Gasteiger partial charge in [0.25, 0.3) is 0 Å². The van der Waals surface area contributed by atoms with E-state index < -0.39 is 0 Å². The van der Waals surface area contributed by atoms with Gasteiger partial charge in [0, 0.05) is 38.3 Å². The highest BCUT2D eigenvalue weighted by Crippen LogP contribution is 2.16. The number of thiazole rings is 1. The second-order valence-electron chi connectivity index (χ2n) is 5.63. The lowest BCUT2D eigenvalue weighted by molar-refractivity contribution is -0.0320. The summed E-state index contributed by atoms with van der Waals surface area (Å²) in [6.45, 7) is 8.13. The number of rotatable bonds is 7. The summed E-state index contributed by atoms with van der Waals surface area (Å²) in [6.07, 6.45) is 3.38. The van der Waals surface area contributed by atoms with Crippen LogP contribution in [-0.2, 0) is 16.0 Å². The third kappa shape index (κ3) is 7.62. The highest BCUT2D eigenvalue weighted by atomic mass is 127. The van der Waals surface area contributed by atoms with Crippen LogP contribution in [0.4, 0.5) is 0 Å². The Kier molecular flexibility index (Phi) is 10.8. The minimum Gasteiger partial charge on any atom is -0.381 e. The summed E-state index contributed by atoms with van der Waals surface area (Å²) in [7, 11) is 1.79. The molecule has 2 rings (SSSR count). The predicted octanol–water partition coefficient (Wildman–Crippen LogP) is 2.63. The third-order valence-corrected chi connectivity index (χ3v) is 4.85. The first-order valence-corrected chi connectivity index (χ1v) is 9.07. The van der Waals surface area contributed by atoms with Gasteiger partial charge < -0.3 is 20.1 Å². The minimum absolute atomic E-state index is 0. The van der Waals surface area contributed by atoms with Gasteiger partial charge in [-0.3, -0.25) is 4.99 Å². The van der Waals surface area contributed by atoms with Crippen molar-refractivity contribution >= 4 is 41.3 Å². The molecule has 0 spiro atoms. The minimum atomic E-state index is 0. The summed E-state index contributed by atoms with van der Waals surface area (Å²) in [5.74, 6) is 0.821. The zero-order valence-corrected chi connectivity index (χ0v) is 17.9. The molecule has 1 aromatic rings. The number of nitrogens with one attached hydrogen (secondary N) is 2. The topological polar surface area (TPSA) is 67.8 Å². The van der Waals surface area contributed by atoms with E-state index in [1.54, 1.807) is 18.4 Å². The molecule has 0 atom stereocenters. The van der Waals surface area contributed by atoms with Gasteiger partial charge in [-0.1, -0.05) is 0 Å². The number of halogens is 1. The van der Waals surface area contributed by atoms with Crippen LogP contribution in [-0.4, -0.2) is 50.5 Å². The quantitative estimate of drug-likeness (QED) is 0.279. The van der Waals surface area contributed by atoms with E-state index >= 15 is 0 Å². The van der Waals surface area contributed by atoms with E-state index in [1.807, 2.05) is 13.8 Å². The maximum Gasteiger partial charge on any atom is 0.191 e. The Balaban J connectivity index is 0.00000288. The normalized spacial score (nSPS) is 15.9. The van der Waals surface area contributed by atoms with E-state index in [1.165, 1.54) is 4.88 Å². The molecule has 8 heteroatoms. The number of aromatic nitrogens is 1. The number of aryl methyl sites for hydroxylation is 2. The molecule has 1 aromatic heterocycles. The van der Waals surface area contributed by atoms with Crippen LogP contribution in [0, 0.1) is 13.8 Å². The van der Waals surface area contributed by atoms with Crippen molar-refractivity contribution in [1.82, 2.24) is 15.6 Å². The number of guanidine groups is 1. The van der Waals surface area contributed by atoms with E-state index in [0.29, 0.717) is 6.10 Å². The lowest BCUT2D eigenvalue weighted by Gasteiger charge is -2.22. The highest BCUT2D eigenvalue weighted by Gasteiger charge is 2.13. The molecule has 0 saturated carbocycles. The lowest BCUT2D eigenvalue weighted by Crippen LogP contribution is -2.37. The number of hydrogen-bond donors (Lipinski definition) is 2. The summed E-state index contributed by atoms with van der Waals surface area (Å²) < 4.78 is 11.2. The van der Waals surface area contributed by atoms with Gasteiger partial charge >= 0.3 is 0 Å². The van der Waals surface area contributed by atoms with Crippen molar-refractivity contribution in [2.75, 3.05) is 33.4 Å². The molecule has 138 valence electrons.